The maximum absolute atomic E-state index is 12.4. The highest BCUT2D eigenvalue weighted by molar-refractivity contribution is 5.97. The van der Waals surface area contributed by atoms with E-state index < -0.39 is 0 Å². The van der Waals surface area contributed by atoms with E-state index in [1.807, 2.05) is 0 Å². The van der Waals surface area contributed by atoms with Crippen LogP contribution in [0.3, 0.4) is 0 Å². The Morgan fingerprint density at radius 1 is 1.35 bits per heavy atom. The van der Waals surface area contributed by atoms with Crippen molar-refractivity contribution in [3.05, 3.63) is 23.8 Å². The van der Waals surface area contributed by atoms with Crippen molar-refractivity contribution in [1.29, 1.82) is 0 Å². The molecule has 1 saturated heterocycles. The number of para-hydroxylation sites is 1. The first-order valence-electron chi connectivity index (χ1n) is 7.12. The van der Waals surface area contributed by atoms with Gasteiger partial charge in [0.25, 0.3) is 5.91 Å². The normalized spacial score (nSPS) is 18.8. The fourth-order valence-corrected chi connectivity index (χ4v) is 2.84. The number of amides is 1. The third-order valence-corrected chi connectivity index (χ3v) is 4.02. The first-order valence-corrected chi connectivity index (χ1v) is 7.12. The number of likely N-dealkylation sites (tertiary alicyclic amines) is 1. The number of aromatic hydroxyl groups is 2. The van der Waals surface area contributed by atoms with Crippen LogP contribution < -0.4 is 0 Å². The van der Waals surface area contributed by atoms with Gasteiger partial charge in [-0.15, -0.1) is 0 Å². The molecule has 0 saturated carbocycles. The summed E-state index contributed by atoms with van der Waals surface area (Å²) in [5, 5.41) is 19.3. The van der Waals surface area contributed by atoms with Gasteiger partial charge >= 0.3 is 0 Å². The lowest BCUT2D eigenvalue weighted by Crippen LogP contribution is -2.38. The molecular weight excluding hydrogens is 256 g/mol. The zero-order valence-corrected chi connectivity index (χ0v) is 12.0. The molecule has 5 nitrogen and oxygen atoms in total. The van der Waals surface area contributed by atoms with Crippen LogP contribution in [0.5, 0.6) is 11.5 Å². The smallest absolute Gasteiger partial charge is 0.257 e. The summed E-state index contributed by atoms with van der Waals surface area (Å²) in [6, 6.07) is 4.87. The minimum absolute atomic E-state index is 0.171. The molecule has 1 unspecified atom stereocenters. The zero-order chi connectivity index (χ0) is 14.7. The van der Waals surface area contributed by atoms with Gasteiger partial charge in [-0.2, -0.15) is 0 Å². The number of likely N-dealkylation sites (N-methyl/N-ethyl adjacent to an activating group) is 1. The van der Waals surface area contributed by atoms with Gasteiger partial charge in [-0.3, -0.25) is 9.69 Å². The standard InChI is InChI=1S/C15H22N2O3/c1-3-16(4-2)11-8-9-17(10-11)15(20)12-6-5-7-13(18)14(12)19/h5-7,11,18-19H,3-4,8-10H2,1-2H3. The lowest BCUT2D eigenvalue weighted by molar-refractivity contribution is 0.0774. The molecule has 2 N–H and O–H groups in total. The van der Waals surface area contributed by atoms with Crippen molar-refractivity contribution in [3.8, 4) is 11.5 Å². The second kappa shape index (κ2) is 6.13. The minimum Gasteiger partial charge on any atom is -0.504 e. The molecule has 5 heteroatoms. The Bertz CT molecular complexity index is 486. The molecule has 1 aliphatic rings. The van der Waals surface area contributed by atoms with Crippen LogP contribution in [0.2, 0.25) is 0 Å². The number of benzene rings is 1. The number of hydrogen-bond acceptors (Lipinski definition) is 4. The number of hydrogen-bond donors (Lipinski definition) is 2. The zero-order valence-electron chi connectivity index (χ0n) is 12.0. The molecule has 1 heterocycles. The maximum Gasteiger partial charge on any atom is 0.257 e. The number of carbonyl (C=O) groups is 1. The van der Waals surface area contributed by atoms with Crippen molar-refractivity contribution < 1.29 is 15.0 Å². The van der Waals surface area contributed by atoms with Crippen LogP contribution in [0.4, 0.5) is 0 Å². The summed E-state index contributed by atoms with van der Waals surface area (Å²) in [5.41, 5.74) is 0.171. The Hall–Kier alpha value is -1.75. The maximum atomic E-state index is 12.4. The summed E-state index contributed by atoms with van der Waals surface area (Å²) >= 11 is 0. The van der Waals surface area contributed by atoms with Crippen LogP contribution >= 0.6 is 0 Å². The van der Waals surface area contributed by atoms with E-state index in [0.29, 0.717) is 19.1 Å². The first-order chi connectivity index (χ1) is 9.58. The monoisotopic (exact) mass is 278 g/mol. The molecular formula is C15H22N2O3. The molecule has 1 aliphatic heterocycles. The molecule has 2 rings (SSSR count). The molecule has 0 aliphatic carbocycles. The van der Waals surface area contributed by atoms with E-state index in [2.05, 4.69) is 18.7 Å². The van der Waals surface area contributed by atoms with Gasteiger partial charge in [-0.05, 0) is 31.6 Å². The molecule has 1 amide bonds. The predicted molar refractivity (Wildman–Crippen MR) is 77.0 cm³/mol. The number of phenols is 2. The van der Waals surface area contributed by atoms with Crippen LogP contribution in [0.1, 0.15) is 30.6 Å². The van der Waals surface area contributed by atoms with E-state index in [1.165, 1.54) is 6.07 Å². The summed E-state index contributed by atoms with van der Waals surface area (Å²) in [4.78, 5) is 16.5. The molecule has 0 spiro atoms. The third kappa shape index (κ3) is 2.72. The van der Waals surface area contributed by atoms with Gasteiger partial charge in [0.1, 0.15) is 0 Å². The fraction of sp³-hybridized carbons (Fsp3) is 0.533. The highest BCUT2D eigenvalue weighted by atomic mass is 16.3. The van der Waals surface area contributed by atoms with Crippen LogP contribution in [0.15, 0.2) is 18.2 Å². The summed E-state index contributed by atoms with van der Waals surface area (Å²) in [6.07, 6.45) is 0.951. The third-order valence-electron chi connectivity index (χ3n) is 4.02. The van der Waals surface area contributed by atoms with Crippen molar-refractivity contribution >= 4 is 5.91 Å². The Morgan fingerprint density at radius 2 is 2.05 bits per heavy atom. The largest absolute Gasteiger partial charge is 0.504 e. The molecule has 0 bridgehead atoms. The van der Waals surface area contributed by atoms with E-state index in [1.54, 1.807) is 17.0 Å². The average molecular weight is 278 g/mol. The molecule has 0 radical (unpaired) electrons. The number of phenolic OH excluding ortho intramolecular Hbond substituents is 2. The van der Waals surface area contributed by atoms with Crippen molar-refractivity contribution in [3.63, 3.8) is 0 Å². The molecule has 1 aromatic rings. The van der Waals surface area contributed by atoms with Gasteiger partial charge in [0.05, 0.1) is 5.56 Å². The van der Waals surface area contributed by atoms with Gasteiger partial charge in [0.2, 0.25) is 0 Å². The highest BCUT2D eigenvalue weighted by Crippen LogP contribution is 2.30. The minimum atomic E-state index is -0.330. The van der Waals surface area contributed by atoms with Crippen molar-refractivity contribution in [2.24, 2.45) is 0 Å². The Balaban J connectivity index is 2.10. The molecule has 0 aromatic heterocycles. The summed E-state index contributed by atoms with van der Waals surface area (Å²) < 4.78 is 0. The number of nitrogens with zero attached hydrogens (tertiary/aromatic N) is 2. The highest BCUT2D eigenvalue weighted by Gasteiger charge is 2.30. The van der Waals surface area contributed by atoms with Crippen molar-refractivity contribution in [1.82, 2.24) is 9.80 Å². The topological polar surface area (TPSA) is 64.0 Å². The molecule has 20 heavy (non-hydrogen) atoms. The lowest BCUT2D eigenvalue weighted by atomic mass is 10.1. The van der Waals surface area contributed by atoms with Gasteiger partial charge < -0.3 is 15.1 Å². The summed E-state index contributed by atoms with van der Waals surface area (Å²) in [6.45, 7) is 7.55. The van der Waals surface area contributed by atoms with E-state index in [-0.39, 0.29) is 23.0 Å². The Kier molecular flexibility index (Phi) is 4.49. The van der Waals surface area contributed by atoms with E-state index in [0.717, 1.165) is 19.5 Å². The van der Waals surface area contributed by atoms with Crippen LogP contribution in [0.25, 0.3) is 0 Å². The Morgan fingerprint density at radius 3 is 2.70 bits per heavy atom. The average Bonchev–Trinajstić information content (AvgIpc) is 2.92. The van der Waals surface area contributed by atoms with E-state index in [4.69, 9.17) is 0 Å². The predicted octanol–water partition coefficient (Wildman–Crippen LogP) is 1.65. The first kappa shape index (κ1) is 14.7. The number of carbonyl (C=O) groups excluding carboxylic acids is 1. The van der Waals surface area contributed by atoms with Crippen LogP contribution in [0, 0.1) is 0 Å². The Labute approximate surface area is 119 Å². The summed E-state index contributed by atoms with van der Waals surface area (Å²) in [7, 11) is 0. The van der Waals surface area contributed by atoms with Gasteiger partial charge in [0, 0.05) is 19.1 Å². The quantitative estimate of drug-likeness (QED) is 0.822. The van der Waals surface area contributed by atoms with Crippen molar-refractivity contribution in [2.75, 3.05) is 26.2 Å². The molecule has 110 valence electrons. The second-order valence-corrected chi connectivity index (χ2v) is 5.09. The lowest BCUT2D eigenvalue weighted by Gasteiger charge is -2.26. The van der Waals surface area contributed by atoms with Gasteiger partial charge in [-0.1, -0.05) is 19.9 Å². The number of rotatable bonds is 4. The molecule has 1 fully saturated rings. The van der Waals surface area contributed by atoms with Gasteiger partial charge in [0.15, 0.2) is 11.5 Å². The van der Waals surface area contributed by atoms with E-state index in [9.17, 15) is 15.0 Å². The SMILES string of the molecule is CCN(CC)C1CCN(C(=O)c2cccc(O)c2O)C1. The second-order valence-electron chi connectivity index (χ2n) is 5.09. The van der Waals surface area contributed by atoms with Crippen molar-refractivity contribution in [2.45, 2.75) is 26.3 Å². The van der Waals surface area contributed by atoms with Crippen LogP contribution in [-0.2, 0) is 0 Å². The van der Waals surface area contributed by atoms with Crippen LogP contribution in [-0.4, -0.2) is 58.1 Å². The molecule has 1 atom stereocenters. The molecule has 1 aromatic carbocycles. The van der Waals surface area contributed by atoms with Gasteiger partial charge in [-0.25, -0.2) is 0 Å². The summed E-state index contributed by atoms with van der Waals surface area (Å²) in [5.74, 6) is -0.799. The van der Waals surface area contributed by atoms with E-state index >= 15 is 0 Å². The fourth-order valence-electron chi connectivity index (χ4n) is 2.84.